The van der Waals surface area contributed by atoms with Gasteiger partial charge in [-0.1, -0.05) is 30.3 Å². The van der Waals surface area contributed by atoms with Crippen LogP contribution in [0.5, 0.6) is 0 Å². The van der Waals surface area contributed by atoms with Crippen molar-refractivity contribution in [1.29, 1.82) is 0 Å². The molecule has 5 nitrogen and oxygen atoms in total. The van der Waals surface area contributed by atoms with Gasteiger partial charge >= 0.3 is 5.91 Å². The fraction of sp³-hybridized carbons (Fsp3) is 0.200. The maximum atomic E-state index is 12.4. The van der Waals surface area contributed by atoms with Crippen molar-refractivity contribution >= 4 is 11.6 Å². The zero-order chi connectivity index (χ0) is 14.2. The van der Waals surface area contributed by atoms with Gasteiger partial charge in [0.2, 0.25) is 0 Å². The van der Waals surface area contributed by atoms with Gasteiger partial charge in [0.1, 0.15) is 0 Å². The van der Waals surface area contributed by atoms with Crippen LogP contribution in [0.3, 0.4) is 0 Å². The fourth-order valence-corrected chi connectivity index (χ4v) is 2.37. The van der Waals surface area contributed by atoms with Gasteiger partial charge in [-0.05, 0) is 19.1 Å². The van der Waals surface area contributed by atoms with E-state index < -0.39 is 11.6 Å². The standard InChI is InChI=1S/C15H14N2O3/c1-11-10-15(19,12-6-3-2-4-7-12)17(16-11)14(18)13-8-5-9-20-13/h2-9,19H,10H2,1H3/t15-/m1/s1. The van der Waals surface area contributed by atoms with E-state index in [1.807, 2.05) is 18.2 Å². The molecule has 2 heterocycles. The molecule has 0 saturated heterocycles. The molecule has 0 spiro atoms. The predicted octanol–water partition coefficient (Wildman–Crippen LogP) is 2.35. The molecule has 1 amide bonds. The third kappa shape index (κ3) is 1.92. The lowest BCUT2D eigenvalue weighted by atomic mass is 9.97. The number of rotatable bonds is 2. The summed E-state index contributed by atoms with van der Waals surface area (Å²) in [5.41, 5.74) is -0.147. The van der Waals surface area contributed by atoms with Crippen LogP contribution in [0.1, 0.15) is 29.5 Å². The van der Waals surface area contributed by atoms with Gasteiger partial charge in [-0.3, -0.25) is 4.79 Å². The largest absolute Gasteiger partial charge is 0.459 e. The summed E-state index contributed by atoms with van der Waals surface area (Å²) >= 11 is 0. The van der Waals surface area contributed by atoms with Gasteiger partial charge in [-0.15, -0.1) is 0 Å². The summed E-state index contributed by atoms with van der Waals surface area (Å²) in [6.07, 6.45) is 1.70. The minimum atomic E-state index is -1.46. The van der Waals surface area contributed by atoms with Crippen LogP contribution >= 0.6 is 0 Å². The van der Waals surface area contributed by atoms with Crippen LogP contribution < -0.4 is 0 Å². The van der Waals surface area contributed by atoms with E-state index in [2.05, 4.69) is 5.10 Å². The van der Waals surface area contributed by atoms with E-state index >= 15 is 0 Å². The van der Waals surface area contributed by atoms with Crippen LogP contribution in [-0.4, -0.2) is 21.7 Å². The number of carbonyl (C=O) groups is 1. The van der Waals surface area contributed by atoms with Crippen molar-refractivity contribution in [3.8, 4) is 0 Å². The van der Waals surface area contributed by atoms with E-state index in [0.717, 1.165) is 5.01 Å². The van der Waals surface area contributed by atoms with Crippen molar-refractivity contribution in [2.45, 2.75) is 19.1 Å². The summed E-state index contributed by atoms with van der Waals surface area (Å²) in [5.74, 6) is -0.309. The molecule has 0 fully saturated rings. The van der Waals surface area contributed by atoms with Gasteiger partial charge in [0, 0.05) is 17.7 Å². The van der Waals surface area contributed by atoms with E-state index in [9.17, 15) is 9.90 Å². The molecular weight excluding hydrogens is 256 g/mol. The number of benzene rings is 1. The minimum Gasteiger partial charge on any atom is -0.459 e. The molecule has 0 bridgehead atoms. The first-order valence-electron chi connectivity index (χ1n) is 6.31. The van der Waals surface area contributed by atoms with Crippen LogP contribution in [0.4, 0.5) is 0 Å². The third-order valence-electron chi connectivity index (χ3n) is 3.28. The molecule has 5 heteroatoms. The lowest BCUT2D eigenvalue weighted by Crippen LogP contribution is -2.43. The molecule has 0 aliphatic carbocycles. The highest BCUT2D eigenvalue weighted by molar-refractivity contribution is 5.95. The van der Waals surface area contributed by atoms with E-state index in [-0.39, 0.29) is 12.2 Å². The minimum absolute atomic E-state index is 0.151. The van der Waals surface area contributed by atoms with Crippen molar-refractivity contribution in [3.05, 3.63) is 60.1 Å². The monoisotopic (exact) mass is 270 g/mol. The Hall–Kier alpha value is -2.40. The van der Waals surface area contributed by atoms with Crippen molar-refractivity contribution < 1.29 is 14.3 Å². The van der Waals surface area contributed by atoms with E-state index in [1.54, 1.807) is 31.2 Å². The summed E-state index contributed by atoms with van der Waals surface area (Å²) in [4.78, 5) is 12.4. The number of hydrogen-bond acceptors (Lipinski definition) is 4. The van der Waals surface area contributed by atoms with Crippen LogP contribution in [0.25, 0.3) is 0 Å². The Bertz CT molecular complexity index is 649. The van der Waals surface area contributed by atoms with Crippen molar-refractivity contribution in [2.75, 3.05) is 0 Å². The molecule has 1 aliphatic heterocycles. The van der Waals surface area contributed by atoms with Crippen molar-refractivity contribution in [2.24, 2.45) is 5.10 Å². The highest BCUT2D eigenvalue weighted by Gasteiger charge is 2.45. The first-order valence-corrected chi connectivity index (χ1v) is 6.31. The van der Waals surface area contributed by atoms with Crippen LogP contribution in [-0.2, 0) is 5.72 Å². The summed E-state index contributed by atoms with van der Waals surface area (Å²) in [7, 11) is 0. The zero-order valence-corrected chi connectivity index (χ0v) is 11.0. The molecular formula is C15H14N2O3. The highest BCUT2D eigenvalue weighted by atomic mass is 16.4. The summed E-state index contributed by atoms with van der Waals surface area (Å²) in [6.45, 7) is 1.78. The second-order valence-corrected chi connectivity index (χ2v) is 4.79. The Balaban J connectivity index is 2.02. The molecule has 1 aliphatic rings. The predicted molar refractivity (Wildman–Crippen MR) is 72.9 cm³/mol. The molecule has 1 aromatic heterocycles. The number of amides is 1. The average Bonchev–Trinajstić information content (AvgIpc) is 3.08. The topological polar surface area (TPSA) is 66.0 Å². The third-order valence-corrected chi connectivity index (χ3v) is 3.28. The van der Waals surface area contributed by atoms with Gasteiger partial charge in [0.05, 0.1) is 6.26 Å². The quantitative estimate of drug-likeness (QED) is 0.910. The molecule has 1 aromatic carbocycles. The number of furan rings is 1. The second kappa shape index (κ2) is 4.61. The van der Waals surface area contributed by atoms with Crippen LogP contribution in [0.2, 0.25) is 0 Å². The van der Waals surface area contributed by atoms with Gasteiger partial charge in [0.25, 0.3) is 0 Å². The van der Waals surface area contributed by atoms with Gasteiger partial charge in [-0.25, -0.2) is 0 Å². The van der Waals surface area contributed by atoms with Gasteiger partial charge in [0.15, 0.2) is 11.5 Å². The SMILES string of the molecule is CC1=NN(C(=O)c2ccco2)[C@](O)(c2ccccc2)C1. The molecule has 1 N–H and O–H groups in total. The molecule has 102 valence electrons. The second-order valence-electron chi connectivity index (χ2n) is 4.79. The van der Waals surface area contributed by atoms with E-state index in [1.165, 1.54) is 6.26 Å². The molecule has 0 saturated carbocycles. The maximum Gasteiger partial charge on any atom is 0.312 e. The van der Waals surface area contributed by atoms with Crippen molar-refractivity contribution in [3.63, 3.8) is 0 Å². The molecule has 20 heavy (non-hydrogen) atoms. The number of aliphatic hydroxyl groups is 1. The lowest BCUT2D eigenvalue weighted by Gasteiger charge is -2.30. The summed E-state index contributed by atoms with van der Waals surface area (Å²) in [6, 6.07) is 12.2. The van der Waals surface area contributed by atoms with Crippen LogP contribution in [0.15, 0.2) is 58.2 Å². The Labute approximate surface area is 116 Å². The average molecular weight is 270 g/mol. The molecule has 1 atom stereocenters. The normalized spacial score (nSPS) is 21.9. The Morgan fingerprint density at radius 1 is 1.30 bits per heavy atom. The smallest absolute Gasteiger partial charge is 0.312 e. The number of hydrogen-bond donors (Lipinski definition) is 1. The van der Waals surface area contributed by atoms with Crippen molar-refractivity contribution in [1.82, 2.24) is 5.01 Å². The van der Waals surface area contributed by atoms with E-state index in [0.29, 0.717) is 11.3 Å². The Morgan fingerprint density at radius 2 is 2.05 bits per heavy atom. The maximum absolute atomic E-state index is 12.4. The fourth-order valence-electron chi connectivity index (χ4n) is 2.37. The van der Waals surface area contributed by atoms with E-state index in [4.69, 9.17) is 4.42 Å². The summed E-state index contributed by atoms with van der Waals surface area (Å²) < 4.78 is 5.10. The number of hydrazone groups is 1. The first-order chi connectivity index (χ1) is 9.61. The molecule has 2 aromatic rings. The van der Waals surface area contributed by atoms with Crippen LogP contribution in [0, 0.1) is 0 Å². The lowest BCUT2D eigenvalue weighted by molar-refractivity contribution is -0.0776. The first kappa shape index (κ1) is 12.6. The number of carbonyl (C=O) groups excluding carboxylic acids is 1. The molecule has 3 rings (SSSR count). The van der Waals surface area contributed by atoms with Gasteiger partial charge < -0.3 is 9.52 Å². The Kier molecular flexibility index (Phi) is 2.91. The number of nitrogens with zero attached hydrogens (tertiary/aromatic N) is 2. The molecule has 0 radical (unpaired) electrons. The Morgan fingerprint density at radius 3 is 2.70 bits per heavy atom. The summed E-state index contributed by atoms with van der Waals surface area (Å²) in [5, 5.41) is 16.2. The highest BCUT2D eigenvalue weighted by Crippen LogP contribution is 2.36. The van der Waals surface area contributed by atoms with Gasteiger partial charge in [-0.2, -0.15) is 10.1 Å². The zero-order valence-electron chi connectivity index (χ0n) is 11.0. The molecule has 0 unspecified atom stereocenters.